The van der Waals surface area contributed by atoms with Crippen LogP contribution in [0.2, 0.25) is 0 Å². The Bertz CT molecular complexity index is 379. The molecule has 1 fully saturated rings. The first kappa shape index (κ1) is 11.0. The Hall–Kier alpha value is -1.55. The minimum absolute atomic E-state index is 0.0254. The summed E-state index contributed by atoms with van der Waals surface area (Å²) in [5, 5.41) is 2.75. The molecule has 1 saturated heterocycles. The van der Waals surface area contributed by atoms with Gasteiger partial charge in [-0.15, -0.1) is 0 Å². The Kier molecular flexibility index (Phi) is 3.41. The van der Waals surface area contributed by atoms with Crippen LogP contribution in [0.25, 0.3) is 0 Å². The Morgan fingerprint density at radius 2 is 2.25 bits per heavy atom. The van der Waals surface area contributed by atoms with Crippen LogP contribution in [0.5, 0.6) is 5.75 Å². The van der Waals surface area contributed by atoms with Crippen molar-refractivity contribution in [2.45, 2.75) is 18.9 Å². The van der Waals surface area contributed by atoms with Gasteiger partial charge in [0.15, 0.2) is 6.10 Å². The summed E-state index contributed by atoms with van der Waals surface area (Å²) in [4.78, 5) is 11.4. The lowest BCUT2D eigenvalue weighted by atomic mass is 10.1. The molecule has 1 atom stereocenters. The second-order valence-electron chi connectivity index (χ2n) is 3.83. The van der Waals surface area contributed by atoms with Crippen molar-refractivity contribution in [1.82, 2.24) is 5.32 Å². The Balaban J connectivity index is 2.10. The van der Waals surface area contributed by atoms with E-state index in [2.05, 4.69) is 5.32 Å². The Morgan fingerprint density at radius 1 is 1.44 bits per heavy atom. The van der Waals surface area contributed by atoms with Gasteiger partial charge in [-0.2, -0.15) is 0 Å². The first-order valence-electron chi connectivity index (χ1n) is 5.53. The molecular weight excluding hydrogens is 204 g/mol. The van der Waals surface area contributed by atoms with Crippen molar-refractivity contribution in [3.8, 4) is 5.75 Å². The molecule has 2 rings (SSSR count). The van der Waals surface area contributed by atoms with E-state index in [0.717, 1.165) is 24.2 Å². The molecular formula is C12H16N2O2. The zero-order valence-electron chi connectivity index (χ0n) is 9.11. The number of ether oxygens (including phenoxy) is 1. The fourth-order valence-electron chi connectivity index (χ4n) is 1.82. The summed E-state index contributed by atoms with van der Waals surface area (Å²) in [5.74, 6) is 0.748. The van der Waals surface area contributed by atoms with Gasteiger partial charge < -0.3 is 15.8 Å². The highest BCUT2D eigenvalue weighted by atomic mass is 16.5. The SMILES string of the molecule is NCCc1ccccc1OC1CCNC1=O. The molecule has 86 valence electrons. The van der Waals surface area contributed by atoms with Gasteiger partial charge in [-0.25, -0.2) is 0 Å². The molecule has 0 aromatic heterocycles. The zero-order valence-corrected chi connectivity index (χ0v) is 9.11. The van der Waals surface area contributed by atoms with Gasteiger partial charge in [0, 0.05) is 13.0 Å². The molecule has 1 aliphatic rings. The van der Waals surface area contributed by atoms with Gasteiger partial charge >= 0.3 is 0 Å². The maximum absolute atomic E-state index is 11.4. The van der Waals surface area contributed by atoms with E-state index in [9.17, 15) is 4.79 Å². The van der Waals surface area contributed by atoms with Gasteiger partial charge in [-0.05, 0) is 24.6 Å². The number of para-hydroxylation sites is 1. The number of nitrogens with two attached hydrogens (primary N) is 1. The summed E-state index contributed by atoms with van der Waals surface area (Å²) in [6.45, 7) is 1.28. The summed E-state index contributed by atoms with van der Waals surface area (Å²) < 4.78 is 5.70. The number of rotatable bonds is 4. The lowest BCUT2D eigenvalue weighted by Crippen LogP contribution is -2.28. The molecule has 1 aromatic carbocycles. The molecule has 4 nitrogen and oxygen atoms in total. The van der Waals surface area contributed by atoms with Gasteiger partial charge in [0.25, 0.3) is 5.91 Å². The van der Waals surface area contributed by atoms with Crippen molar-refractivity contribution >= 4 is 5.91 Å². The van der Waals surface area contributed by atoms with Gasteiger partial charge in [0.1, 0.15) is 5.75 Å². The van der Waals surface area contributed by atoms with E-state index in [1.165, 1.54) is 0 Å². The van der Waals surface area contributed by atoms with Crippen LogP contribution in [0.4, 0.5) is 0 Å². The minimum Gasteiger partial charge on any atom is -0.480 e. The second-order valence-corrected chi connectivity index (χ2v) is 3.83. The van der Waals surface area contributed by atoms with Gasteiger partial charge in [-0.1, -0.05) is 18.2 Å². The first-order chi connectivity index (χ1) is 7.81. The third-order valence-corrected chi connectivity index (χ3v) is 2.65. The lowest BCUT2D eigenvalue weighted by Gasteiger charge is -2.14. The summed E-state index contributed by atoms with van der Waals surface area (Å²) >= 11 is 0. The molecule has 1 heterocycles. The van der Waals surface area contributed by atoms with Gasteiger partial charge in [-0.3, -0.25) is 4.79 Å². The second kappa shape index (κ2) is 4.99. The van der Waals surface area contributed by atoms with E-state index in [4.69, 9.17) is 10.5 Å². The molecule has 0 radical (unpaired) electrons. The number of hydrogen-bond donors (Lipinski definition) is 2. The molecule has 1 unspecified atom stereocenters. The topological polar surface area (TPSA) is 64.3 Å². The van der Waals surface area contributed by atoms with Crippen molar-refractivity contribution in [2.75, 3.05) is 13.1 Å². The Morgan fingerprint density at radius 3 is 2.94 bits per heavy atom. The fourth-order valence-corrected chi connectivity index (χ4v) is 1.82. The van der Waals surface area contributed by atoms with E-state index < -0.39 is 0 Å². The largest absolute Gasteiger partial charge is 0.480 e. The smallest absolute Gasteiger partial charge is 0.261 e. The third kappa shape index (κ3) is 2.33. The normalized spacial score (nSPS) is 19.6. The maximum atomic E-state index is 11.4. The lowest BCUT2D eigenvalue weighted by molar-refractivity contribution is -0.124. The molecule has 16 heavy (non-hydrogen) atoms. The molecule has 3 N–H and O–H groups in total. The number of benzene rings is 1. The highest BCUT2D eigenvalue weighted by molar-refractivity contribution is 5.83. The summed E-state index contributed by atoms with van der Waals surface area (Å²) in [6, 6.07) is 7.72. The molecule has 0 spiro atoms. The van der Waals surface area contributed by atoms with Crippen LogP contribution in [0, 0.1) is 0 Å². The fraction of sp³-hybridized carbons (Fsp3) is 0.417. The average Bonchev–Trinajstić information content (AvgIpc) is 2.68. The maximum Gasteiger partial charge on any atom is 0.261 e. The quantitative estimate of drug-likeness (QED) is 0.774. The van der Waals surface area contributed by atoms with E-state index in [-0.39, 0.29) is 12.0 Å². The molecule has 1 amide bonds. The van der Waals surface area contributed by atoms with E-state index >= 15 is 0 Å². The number of nitrogens with one attached hydrogen (secondary N) is 1. The number of carbonyl (C=O) groups is 1. The van der Waals surface area contributed by atoms with Crippen LogP contribution in [0.3, 0.4) is 0 Å². The predicted octanol–water partition coefficient (Wildman–Crippen LogP) is 0.455. The molecule has 1 aromatic rings. The highest BCUT2D eigenvalue weighted by Gasteiger charge is 2.26. The number of amides is 1. The predicted molar refractivity (Wildman–Crippen MR) is 61.2 cm³/mol. The van der Waals surface area contributed by atoms with Crippen LogP contribution in [-0.2, 0) is 11.2 Å². The highest BCUT2D eigenvalue weighted by Crippen LogP contribution is 2.21. The number of carbonyl (C=O) groups excluding carboxylic acids is 1. The van der Waals surface area contributed by atoms with Crippen molar-refractivity contribution in [3.05, 3.63) is 29.8 Å². The van der Waals surface area contributed by atoms with Crippen molar-refractivity contribution in [2.24, 2.45) is 5.73 Å². The summed E-state index contributed by atoms with van der Waals surface area (Å²) in [5.41, 5.74) is 6.59. The van der Waals surface area contributed by atoms with Crippen LogP contribution < -0.4 is 15.8 Å². The monoisotopic (exact) mass is 220 g/mol. The van der Waals surface area contributed by atoms with Gasteiger partial charge in [0.05, 0.1) is 0 Å². The molecule has 0 aliphatic carbocycles. The molecule has 4 heteroatoms. The van der Waals surface area contributed by atoms with Crippen LogP contribution in [0.1, 0.15) is 12.0 Å². The molecule has 0 bridgehead atoms. The number of hydrogen-bond acceptors (Lipinski definition) is 3. The van der Waals surface area contributed by atoms with Crippen molar-refractivity contribution in [1.29, 1.82) is 0 Å². The molecule has 0 saturated carbocycles. The Labute approximate surface area is 94.8 Å². The van der Waals surface area contributed by atoms with E-state index in [1.54, 1.807) is 0 Å². The zero-order chi connectivity index (χ0) is 11.4. The third-order valence-electron chi connectivity index (χ3n) is 2.65. The summed E-state index contributed by atoms with van der Waals surface area (Å²) in [7, 11) is 0. The first-order valence-corrected chi connectivity index (χ1v) is 5.53. The van der Waals surface area contributed by atoms with Crippen molar-refractivity contribution < 1.29 is 9.53 Å². The summed E-state index contributed by atoms with van der Waals surface area (Å²) in [6.07, 6.45) is 1.15. The molecule has 1 aliphatic heterocycles. The van der Waals surface area contributed by atoms with Crippen LogP contribution >= 0.6 is 0 Å². The standard InChI is InChI=1S/C12H16N2O2/c13-7-5-9-3-1-2-4-10(9)16-11-6-8-14-12(11)15/h1-4,11H,5-8,13H2,(H,14,15). The van der Waals surface area contributed by atoms with Crippen LogP contribution in [0.15, 0.2) is 24.3 Å². The minimum atomic E-state index is -0.348. The average molecular weight is 220 g/mol. The van der Waals surface area contributed by atoms with Crippen LogP contribution in [-0.4, -0.2) is 25.1 Å². The van der Waals surface area contributed by atoms with Crippen molar-refractivity contribution in [3.63, 3.8) is 0 Å². The van der Waals surface area contributed by atoms with Gasteiger partial charge in [0.2, 0.25) is 0 Å². The van der Waals surface area contributed by atoms with E-state index in [1.807, 2.05) is 24.3 Å². The van der Waals surface area contributed by atoms with E-state index in [0.29, 0.717) is 13.1 Å².